The zero-order valence-electron chi connectivity index (χ0n) is 10.3. The van der Waals surface area contributed by atoms with Gasteiger partial charge >= 0.3 is 0 Å². The van der Waals surface area contributed by atoms with Crippen molar-refractivity contribution in [1.82, 2.24) is 15.1 Å². The molecule has 0 aliphatic carbocycles. The van der Waals surface area contributed by atoms with E-state index in [4.69, 9.17) is 11.6 Å². The lowest BCUT2D eigenvalue weighted by atomic mass is 10.0. The number of halogens is 2. The van der Waals surface area contributed by atoms with Crippen molar-refractivity contribution in [3.05, 3.63) is 51.2 Å². The molecule has 2 aromatic rings. The van der Waals surface area contributed by atoms with Gasteiger partial charge in [0.05, 0.1) is 5.69 Å². The predicted molar refractivity (Wildman–Crippen MR) is 77.9 cm³/mol. The number of rotatable bonds is 4. The van der Waals surface area contributed by atoms with Crippen LogP contribution in [-0.4, -0.2) is 16.8 Å². The van der Waals surface area contributed by atoms with Crippen molar-refractivity contribution in [2.24, 2.45) is 7.05 Å². The topological polar surface area (TPSA) is 29.9 Å². The summed E-state index contributed by atoms with van der Waals surface area (Å²) in [5, 5.41) is 8.46. The molecular weight excluding hydrogens is 314 g/mol. The van der Waals surface area contributed by atoms with Crippen molar-refractivity contribution in [3.63, 3.8) is 0 Å². The molecule has 1 aromatic carbocycles. The predicted octanol–water partition coefficient (Wildman–Crippen LogP) is 3.34. The first-order chi connectivity index (χ1) is 8.60. The summed E-state index contributed by atoms with van der Waals surface area (Å²) in [5.41, 5.74) is 2.21. The van der Waals surface area contributed by atoms with Crippen LogP contribution >= 0.6 is 27.5 Å². The molecule has 1 atom stereocenters. The molecule has 0 aliphatic rings. The highest BCUT2D eigenvalue weighted by atomic mass is 79.9. The molecule has 0 aliphatic heterocycles. The number of nitrogens with zero attached hydrogens (tertiary/aromatic N) is 2. The number of hydrogen-bond donors (Lipinski definition) is 1. The average Bonchev–Trinajstić information content (AvgIpc) is 2.75. The molecule has 0 fully saturated rings. The van der Waals surface area contributed by atoms with Crippen LogP contribution in [0.15, 0.2) is 34.9 Å². The highest BCUT2D eigenvalue weighted by Gasteiger charge is 2.15. The van der Waals surface area contributed by atoms with Gasteiger partial charge in [0.25, 0.3) is 0 Å². The van der Waals surface area contributed by atoms with E-state index in [-0.39, 0.29) is 6.04 Å². The summed E-state index contributed by atoms with van der Waals surface area (Å²) in [6.07, 6.45) is 2.78. The third kappa shape index (κ3) is 3.13. The lowest BCUT2D eigenvalue weighted by Gasteiger charge is -2.17. The van der Waals surface area contributed by atoms with E-state index < -0.39 is 0 Å². The molecule has 1 heterocycles. The Hall–Kier alpha value is -0.840. The molecular formula is C13H15BrClN3. The van der Waals surface area contributed by atoms with Crippen LogP contribution in [0.2, 0.25) is 5.02 Å². The van der Waals surface area contributed by atoms with E-state index in [1.165, 1.54) is 0 Å². The Morgan fingerprint density at radius 2 is 2.22 bits per heavy atom. The van der Waals surface area contributed by atoms with Crippen LogP contribution in [-0.2, 0) is 13.5 Å². The van der Waals surface area contributed by atoms with Gasteiger partial charge in [-0.3, -0.25) is 4.68 Å². The highest BCUT2D eigenvalue weighted by molar-refractivity contribution is 9.10. The first kappa shape index (κ1) is 13.6. The minimum absolute atomic E-state index is 0.188. The number of benzene rings is 1. The lowest BCUT2D eigenvalue weighted by Crippen LogP contribution is -2.19. The summed E-state index contributed by atoms with van der Waals surface area (Å²) in [6, 6.07) is 8.05. The van der Waals surface area contributed by atoms with Gasteiger partial charge in [0.2, 0.25) is 0 Å². The van der Waals surface area contributed by atoms with Gasteiger partial charge in [-0.15, -0.1) is 0 Å². The van der Waals surface area contributed by atoms with Crippen molar-refractivity contribution in [2.45, 2.75) is 12.5 Å². The lowest BCUT2D eigenvalue weighted by molar-refractivity contribution is 0.575. The SMILES string of the molecule is CNC(Cc1ccn(C)n1)c1cc(Cl)ccc1Br. The molecule has 96 valence electrons. The third-order valence-electron chi connectivity index (χ3n) is 2.86. The van der Waals surface area contributed by atoms with E-state index in [2.05, 4.69) is 26.3 Å². The quantitative estimate of drug-likeness (QED) is 0.933. The van der Waals surface area contributed by atoms with Crippen LogP contribution in [0.1, 0.15) is 17.3 Å². The Bertz CT molecular complexity index is 539. The van der Waals surface area contributed by atoms with Crippen LogP contribution in [0, 0.1) is 0 Å². The Kier molecular flexibility index (Phi) is 4.43. The molecule has 0 spiro atoms. The maximum atomic E-state index is 6.06. The summed E-state index contributed by atoms with van der Waals surface area (Å²) in [4.78, 5) is 0. The van der Waals surface area contributed by atoms with Crippen LogP contribution in [0.25, 0.3) is 0 Å². The summed E-state index contributed by atoms with van der Waals surface area (Å²) < 4.78 is 2.87. The number of hydrogen-bond acceptors (Lipinski definition) is 2. The van der Waals surface area contributed by atoms with Crippen LogP contribution in [0.4, 0.5) is 0 Å². The fraction of sp³-hybridized carbons (Fsp3) is 0.308. The van der Waals surface area contributed by atoms with Gasteiger partial charge in [0.1, 0.15) is 0 Å². The van der Waals surface area contributed by atoms with Gasteiger partial charge < -0.3 is 5.32 Å². The molecule has 1 N–H and O–H groups in total. The van der Waals surface area contributed by atoms with Gasteiger partial charge in [-0.05, 0) is 36.9 Å². The molecule has 5 heteroatoms. The standard InChI is InChI=1S/C13H15BrClN3/c1-16-13(8-10-5-6-18(2)17-10)11-7-9(15)3-4-12(11)14/h3-7,13,16H,8H2,1-2H3. The van der Waals surface area contributed by atoms with Crippen molar-refractivity contribution in [3.8, 4) is 0 Å². The first-order valence-corrected chi connectivity index (χ1v) is 6.88. The first-order valence-electron chi connectivity index (χ1n) is 5.71. The summed E-state index contributed by atoms with van der Waals surface area (Å²) in [7, 11) is 3.87. The zero-order chi connectivity index (χ0) is 13.1. The van der Waals surface area contributed by atoms with E-state index in [1.807, 2.05) is 49.2 Å². The van der Waals surface area contributed by atoms with Gasteiger partial charge in [-0.25, -0.2) is 0 Å². The second-order valence-electron chi connectivity index (χ2n) is 4.19. The van der Waals surface area contributed by atoms with E-state index in [9.17, 15) is 0 Å². The monoisotopic (exact) mass is 327 g/mol. The second kappa shape index (κ2) is 5.87. The van der Waals surface area contributed by atoms with Crippen LogP contribution in [0.3, 0.4) is 0 Å². The Labute approximate surface area is 120 Å². The molecule has 0 bridgehead atoms. The van der Waals surface area contributed by atoms with Crippen molar-refractivity contribution in [1.29, 1.82) is 0 Å². The number of aryl methyl sites for hydroxylation is 1. The van der Waals surface area contributed by atoms with E-state index in [0.717, 1.165) is 27.2 Å². The average molecular weight is 329 g/mol. The second-order valence-corrected chi connectivity index (χ2v) is 5.48. The Morgan fingerprint density at radius 3 is 2.83 bits per heavy atom. The van der Waals surface area contributed by atoms with Gasteiger partial charge in [0.15, 0.2) is 0 Å². The van der Waals surface area contributed by atoms with Gasteiger partial charge in [0, 0.05) is 35.2 Å². The maximum Gasteiger partial charge on any atom is 0.0643 e. The largest absolute Gasteiger partial charge is 0.313 e. The molecule has 2 rings (SSSR count). The van der Waals surface area contributed by atoms with Gasteiger partial charge in [-0.2, -0.15) is 5.10 Å². The molecule has 1 aromatic heterocycles. The Balaban J connectivity index is 2.25. The third-order valence-corrected chi connectivity index (χ3v) is 3.82. The molecule has 0 amide bonds. The molecule has 0 radical (unpaired) electrons. The number of likely N-dealkylation sites (N-methyl/N-ethyl adjacent to an activating group) is 1. The van der Waals surface area contributed by atoms with Gasteiger partial charge in [-0.1, -0.05) is 27.5 Å². The molecule has 3 nitrogen and oxygen atoms in total. The Morgan fingerprint density at radius 1 is 1.44 bits per heavy atom. The minimum atomic E-state index is 0.188. The highest BCUT2D eigenvalue weighted by Crippen LogP contribution is 2.28. The van der Waals surface area contributed by atoms with Crippen LogP contribution < -0.4 is 5.32 Å². The van der Waals surface area contributed by atoms with Crippen molar-refractivity contribution >= 4 is 27.5 Å². The van der Waals surface area contributed by atoms with Crippen molar-refractivity contribution < 1.29 is 0 Å². The molecule has 0 saturated carbocycles. The smallest absolute Gasteiger partial charge is 0.0643 e. The van der Waals surface area contributed by atoms with E-state index in [1.54, 1.807) is 0 Å². The van der Waals surface area contributed by atoms with E-state index in [0.29, 0.717) is 0 Å². The fourth-order valence-electron chi connectivity index (χ4n) is 1.93. The normalized spacial score (nSPS) is 12.7. The minimum Gasteiger partial charge on any atom is -0.313 e. The fourth-order valence-corrected chi connectivity index (χ4v) is 2.63. The van der Waals surface area contributed by atoms with Crippen LogP contribution in [0.5, 0.6) is 0 Å². The van der Waals surface area contributed by atoms with E-state index >= 15 is 0 Å². The van der Waals surface area contributed by atoms with Crippen molar-refractivity contribution in [2.75, 3.05) is 7.05 Å². The number of nitrogens with one attached hydrogen (secondary N) is 1. The molecule has 1 unspecified atom stereocenters. The maximum absolute atomic E-state index is 6.06. The molecule has 18 heavy (non-hydrogen) atoms. The number of aromatic nitrogens is 2. The molecule has 0 saturated heterocycles. The summed E-state index contributed by atoms with van der Waals surface area (Å²) >= 11 is 9.62. The zero-order valence-corrected chi connectivity index (χ0v) is 12.7. The summed E-state index contributed by atoms with van der Waals surface area (Å²) in [5.74, 6) is 0. The summed E-state index contributed by atoms with van der Waals surface area (Å²) in [6.45, 7) is 0.